The first kappa shape index (κ1) is 17.5. The second-order valence-electron chi connectivity index (χ2n) is 5.21. The van der Waals surface area contributed by atoms with Crippen molar-refractivity contribution in [1.82, 2.24) is 5.43 Å². The number of hydrogen-bond acceptors (Lipinski definition) is 4. The topological polar surface area (TPSA) is 70.9 Å². The van der Waals surface area contributed by atoms with E-state index < -0.39 is 11.7 Å². The number of carbonyl (C=O) groups excluding carboxylic acids is 1. The fourth-order valence-electron chi connectivity index (χ4n) is 2.08. The Labute approximate surface area is 139 Å². The number of carbonyl (C=O) groups is 1. The van der Waals surface area contributed by atoms with Gasteiger partial charge in [0.25, 0.3) is 5.91 Å². The van der Waals surface area contributed by atoms with E-state index in [1.165, 1.54) is 18.2 Å². The fraction of sp³-hybridized carbons (Fsp3) is 0.222. The SMILES string of the molecule is CC/C(=N\NC(=O)COc1cccc(F)c1)c1cc(C)ccc1O. The highest BCUT2D eigenvalue weighted by molar-refractivity contribution is 6.03. The molecule has 0 aliphatic heterocycles. The number of ether oxygens (including phenoxy) is 1. The van der Waals surface area contributed by atoms with E-state index in [1.54, 1.807) is 24.3 Å². The zero-order chi connectivity index (χ0) is 17.5. The molecule has 0 spiro atoms. The van der Waals surface area contributed by atoms with Gasteiger partial charge in [0.15, 0.2) is 6.61 Å². The summed E-state index contributed by atoms with van der Waals surface area (Å²) in [5.74, 6) is -0.542. The lowest BCUT2D eigenvalue weighted by molar-refractivity contribution is -0.123. The maximum absolute atomic E-state index is 13.0. The first-order valence-electron chi connectivity index (χ1n) is 7.53. The summed E-state index contributed by atoms with van der Waals surface area (Å²) in [6.07, 6.45) is 0.530. The molecule has 1 amide bonds. The average Bonchev–Trinajstić information content (AvgIpc) is 2.56. The molecular formula is C18H19FN2O3. The summed E-state index contributed by atoms with van der Waals surface area (Å²) < 4.78 is 18.2. The van der Waals surface area contributed by atoms with Crippen LogP contribution in [0.25, 0.3) is 0 Å². The van der Waals surface area contributed by atoms with Crippen LogP contribution in [0.15, 0.2) is 47.6 Å². The molecule has 0 aliphatic rings. The molecule has 0 unspecified atom stereocenters. The predicted octanol–water partition coefficient (Wildman–Crippen LogP) is 3.15. The number of hydrazone groups is 1. The van der Waals surface area contributed by atoms with E-state index in [9.17, 15) is 14.3 Å². The summed E-state index contributed by atoms with van der Waals surface area (Å²) in [6.45, 7) is 3.49. The minimum atomic E-state index is -0.475. The number of nitrogens with zero attached hydrogens (tertiary/aromatic N) is 1. The zero-order valence-electron chi connectivity index (χ0n) is 13.5. The van der Waals surface area contributed by atoms with E-state index in [4.69, 9.17) is 4.74 Å². The zero-order valence-corrected chi connectivity index (χ0v) is 13.5. The molecular weight excluding hydrogens is 311 g/mol. The van der Waals surface area contributed by atoms with Crippen molar-refractivity contribution in [3.05, 3.63) is 59.4 Å². The lowest BCUT2D eigenvalue weighted by Gasteiger charge is -2.09. The second kappa shape index (κ2) is 8.10. The Hall–Kier alpha value is -2.89. The highest BCUT2D eigenvalue weighted by Crippen LogP contribution is 2.20. The summed E-state index contributed by atoms with van der Waals surface area (Å²) in [4.78, 5) is 11.8. The number of aryl methyl sites for hydroxylation is 1. The van der Waals surface area contributed by atoms with Crippen molar-refractivity contribution in [3.63, 3.8) is 0 Å². The third kappa shape index (κ3) is 4.81. The maximum Gasteiger partial charge on any atom is 0.277 e. The Morgan fingerprint density at radius 2 is 2.08 bits per heavy atom. The number of nitrogens with one attached hydrogen (secondary N) is 1. The van der Waals surface area contributed by atoms with E-state index in [-0.39, 0.29) is 18.1 Å². The molecule has 0 saturated heterocycles. The van der Waals surface area contributed by atoms with Crippen molar-refractivity contribution in [3.8, 4) is 11.5 Å². The van der Waals surface area contributed by atoms with E-state index in [2.05, 4.69) is 10.5 Å². The van der Waals surface area contributed by atoms with Crippen LogP contribution >= 0.6 is 0 Å². The second-order valence-corrected chi connectivity index (χ2v) is 5.21. The number of rotatable bonds is 6. The van der Waals surface area contributed by atoms with Crippen LogP contribution in [0.2, 0.25) is 0 Å². The van der Waals surface area contributed by atoms with E-state index in [0.29, 0.717) is 17.7 Å². The Morgan fingerprint density at radius 3 is 2.79 bits per heavy atom. The van der Waals surface area contributed by atoms with Crippen molar-refractivity contribution in [2.45, 2.75) is 20.3 Å². The molecule has 0 aliphatic carbocycles. The van der Waals surface area contributed by atoms with Gasteiger partial charge in [0.1, 0.15) is 17.3 Å². The minimum absolute atomic E-state index is 0.103. The van der Waals surface area contributed by atoms with Crippen molar-refractivity contribution in [2.24, 2.45) is 5.10 Å². The van der Waals surface area contributed by atoms with Gasteiger partial charge >= 0.3 is 0 Å². The van der Waals surface area contributed by atoms with E-state index >= 15 is 0 Å². The Bertz CT molecular complexity index is 760. The van der Waals surface area contributed by atoms with E-state index in [1.807, 2.05) is 13.8 Å². The van der Waals surface area contributed by atoms with Gasteiger partial charge in [-0.3, -0.25) is 4.79 Å². The van der Waals surface area contributed by atoms with Gasteiger partial charge in [-0.25, -0.2) is 9.82 Å². The van der Waals surface area contributed by atoms with Crippen molar-refractivity contribution >= 4 is 11.6 Å². The Kier molecular flexibility index (Phi) is 5.89. The number of phenolic OH excluding ortho intramolecular Hbond substituents is 1. The molecule has 2 aromatic carbocycles. The smallest absolute Gasteiger partial charge is 0.277 e. The Morgan fingerprint density at radius 1 is 1.29 bits per heavy atom. The van der Waals surface area contributed by atoms with Crippen LogP contribution in [-0.2, 0) is 4.79 Å². The highest BCUT2D eigenvalue weighted by atomic mass is 19.1. The van der Waals surface area contributed by atoms with Gasteiger partial charge in [-0.1, -0.05) is 24.6 Å². The summed E-state index contributed by atoms with van der Waals surface area (Å²) >= 11 is 0. The maximum atomic E-state index is 13.0. The summed E-state index contributed by atoms with van der Waals surface area (Å²) in [5, 5.41) is 14.0. The van der Waals surface area contributed by atoms with Crippen LogP contribution in [-0.4, -0.2) is 23.3 Å². The van der Waals surface area contributed by atoms with Crippen molar-refractivity contribution in [2.75, 3.05) is 6.61 Å². The molecule has 126 valence electrons. The molecule has 0 heterocycles. The molecule has 0 saturated carbocycles. The lowest BCUT2D eigenvalue weighted by Crippen LogP contribution is -2.26. The highest BCUT2D eigenvalue weighted by Gasteiger charge is 2.09. The molecule has 0 atom stereocenters. The van der Waals surface area contributed by atoms with Crippen LogP contribution < -0.4 is 10.2 Å². The monoisotopic (exact) mass is 330 g/mol. The van der Waals surface area contributed by atoms with Crippen LogP contribution in [0.1, 0.15) is 24.5 Å². The van der Waals surface area contributed by atoms with Gasteiger partial charge in [-0.2, -0.15) is 5.10 Å². The average molecular weight is 330 g/mol. The number of benzene rings is 2. The quantitative estimate of drug-likeness (QED) is 0.631. The molecule has 2 rings (SSSR count). The number of hydrogen-bond donors (Lipinski definition) is 2. The molecule has 0 bridgehead atoms. The van der Waals surface area contributed by atoms with Crippen LogP contribution in [0.4, 0.5) is 4.39 Å². The van der Waals surface area contributed by atoms with Gasteiger partial charge < -0.3 is 9.84 Å². The fourth-order valence-corrected chi connectivity index (χ4v) is 2.08. The predicted molar refractivity (Wildman–Crippen MR) is 89.7 cm³/mol. The number of halogens is 1. The van der Waals surface area contributed by atoms with Gasteiger partial charge in [0.2, 0.25) is 0 Å². The lowest BCUT2D eigenvalue weighted by atomic mass is 10.0. The Balaban J connectivity index is 1.99. The van der Waals surface area contributed by atoms with Crippen LogP contribution in [0.5, 0.6) is 11.5 Å². The molecule has 2 aromatic rings. The number of amides is 1. The molecule has 0 fully saturated rings. The van der Waals surface area contributed by atoms with Crippen LogP contribution in [0.3, 0.4) is 0 Å². The normalized spacial score (nSPS) is 11.2. The largest absolute Gasteiger partial charge is 0.507 e. The number of aromatic hydroxyl groups is 1. The summed E-state index contributed by atoms with van der Waals surface area (Å²) in [5.41, 5.74) is 4.48. The molecule has 6 heteroatoms. The first-order valence-corrected chi connectivity index (χ1v) is 7.53. The molecule has 24 heavy (non-hydrogen) atoms. The van der Waals surface area contributed by atoms with Gasteiger partial charge in [-0.15, -0.1) is 0 Å². The molecule has 0 aromatic heterocycles. The number of phenols is 1. The van der Waals surface area contributed by atoms with Crippen molar-refractivity contribution in [1.29, 1.82) is 0 Å². The third-order valence-corrected chi connectivity index (χ3v) is 3.28. The third-order valence-electron chi connectivity index (χ3n) is 3.28. The van der Waals surface area contributed by atoms with Crippen molar-refractivity contribution < 1.29 is 19.0 Å². The van der Waals surface area contributed by atoms with Gasteiger partial charge in [0, 0.05) is 11.6 Å². The molecule has 5 nitrogen and oxygen atoms in total. The van der Waals surface area contributed by atoms with Gasteiger partial charge in [-0.05, 0) is 37.6 Å². The van der Waals surface area contributed by atoms with E-state index in [0.717, 1.165) is 5.56 Å². The molecule has 2 N–H and O–H groups in total. The standard InChI is InChI=1S/C18H19FN2O3/c1-3-16(15-9-12(2)7-8-17(15)22)20-21-18(23)11-24-14-6-4-5-13(19)10-14/h4-10,22H,3,11H2,1-2H3,(H,21,23)/b20-16+. The minimum Gasteiger partial charge on any atom is -0.507 e. The molecule has 0 radical (unpaired) electrons. The first-order chi connectivity index (χ1) is 11.5. The van der Waals surface area contributed by atoms with Gasteiger partial charge in [0.05, 0.1) is 5.71 Å². The van der Waals surface area contributed by atoms with Crippen LogP contribution in [0, 0.1) is 12.7 Å². The summed E-state index contributed by atoms with van der Waals surface area (Å²) in [6, 6.07) is 10.7. The summed E-state index contributed by atoms with van der Waals surface area (Å²) in [7, 11) is 0.